The van der Waals surface area contributed by atoms with Crippen LogP contribution >= 0.6 is 0 Å². The van der Waals surface area contributed by atoms with Crippen LogP contribution in [0, 0.1) is 18.3 Å². The average molecular weight is 519 g/mol. The summed E-state index contributed by atoms with van der Waals surface area (Å²) in [6.45, 7) is 8.96. The first-order valence-corrected chi connectivity index (χ1v) is 13.5. The van der Waals surface area contributed by atoms with E-state index >= 15 is 0 Å². The topological polar surface area (TPSA) is 93.3 Å². The smallest absolute Gasteiger partial charge is 0.244 e. The maximum atomic E-state index is 13.5. The lowest BCUT2D eigenvalue weighted by atomic mass is 10.1. The van der Waals surface area contributed by atoms with Gasteiger partial charge in [0.25, 0.3) is 0 Å². The molecule has 1 fully saturated rings. The molecule has 0 spiro atoms. The highest BCUT2D eigenvalue weighted by Gasteiger charge is 2.30. The van der Waals surface area contributed by atoms with E-state index in [9.17, 15) is 10.1 Å². The standard InChI is InChI=1S/C30H30N8O/c1-20-26-17-36(27-7-5-21(14-31)30-25(27)3-2-8-33-30)18-28(26)38(34-20)19-29(39)37-15-22-4-6-24(13-23(22)16-37)35-11-9-32-10-12-35/h2-8,13,32H,9-12,15-19H2,1H3. The number of aromatic nitrogens is 3. The minimum absolute atomic E-state index is 0.0895. The van der Waals surface area contributed by atoms with E-state index in [0.717, 1.165) is 60.7 Å². The van der Waals surface area contributed by atoms with Crippen molar-refractivity contribution in [2.24, 2.45) is 0 Å². The minimum atomic E-state index is 0.0895. The zero-order valence-corrected chi connectivity index (χ0v) is 22.0. The van der Waals surface area contributed by atoms with Crippen LogP contribution in [-0.2, 0) is 37.5 Å². The summed E-state index contributed by atoms with van der Waals surface area (Å²) in [4.78, 5) is 24.6. The molecule has 1 N–H and O–H groups in total. The Hall–Kier alpha value is -4.42. The van der Waals surface area contributed by atoms with Gasteiger partial charge in [0.2, 0.25) is 5.91 Å². The van der Waals surface area contributed by atoms with Gasteiger partial charge in [-0.2, -0.15) is 10.4 Å². The molecule has 9 nitrogen and oxygen atoms in total. The Kier molecular flexibility index (Phi) is 5.71. The molecule has 196 valence electrons. The molecular weight excluding hydrogens is 488 g/mol. The molecule has 3 aliphatic rings. The van der Waals surface area contributed by atoms with Crippen molar-refractivity contribution in [2.45, 2.75) is 39.6 Å². The van der Waals surface area contributed by atoms with Crippen molar-refractivity contribution >= 4 is 28.2 Å². The van der Waals surface area contributed by atoms with Gasteiger partial charge >= 0.3 is 0 Å². The van der Waals surface area contributed by atoms with E-state index in [1.165, 1.54) is 22.4 Å². The number of piperazine rings is 1. The maximum absolute atomic E-state index is 13.5. The molecule has 0 atom stereocenters. The van der Waals surface area contributed by atoms with Crippen LogP contribution in [0.3, 0.4) is 0 Å². The molecule has 2 aromatic carbocycles. The van der Waals surface area contributed by atoms with Crippen LogP contribution in [0.2, 0.25) is 0 Å². The predicted octanol–water partition coefficient (Wildman–Crippen LogP) is 3.08. The Morgan fingerprint density at radius 2 is 1.87 bits per heavy atom. The van der Waals surface area contributed by atoms with Crippen molar-refractivity contribution in [3.63, 3.8) is 0 Å². The van der Waals surface area contributed by atoms with Crippen LogP contribution in [0.1, 0.15) is 33.6 Å². The molecule has 0 bridgehead atoms. The molecule has 2 aromatic heterocycles. The molecule has 0 unspecified atom stereocenters. The van der Waals surface area contributed by atoms with Gasteiger partial charge < -0.3 is 20.0 Å². The van der Waals surface area contributed by atoms with E-state index in [0.29, 0.717) is 25.2 Å². The van der Waals surface area contributed by atoms with Gasteiger partial charge in [0.05, 0.1) is 29.0 Å². The first-order valence-electron chi connectivity index (χ1n) is 13.5. The summed E-state index contributed by atoms with van der Waals surface area (Å²) in [6, 6.07) is 16.7. The highest BCUT2D eigenvalue weighted by Crippen LogP contribution is 2.35. The fraction of sp³-hybridized carbons (Fsp3) is 0.333. The van der Waals surface area contributed by atoms with Crippen molar-refractivity contribution in [3.05, 3.63) is 82.3 Å². The summed E-state index contributed by atoms with van der Waals surface area (Å²) in [5.41, 5.74) is 9.28. The third kappa shape index (κ3) is 4.08. The van der Waals surface area contributed by atoms with Gasteiger partial charge in [0.15, 0.2) is 0 Å². The molecule has 39 heavy (non-hydrogen) atoms. The van der Waals surface area contributed by atoms with Gasteiger partial charge in [-0.1, -0.05) is 6.07 Å². The van der Waals surface area contributed by atoms with E-state index in [1.807, 2.05) is 40.8 Å². The Bertz CT molecular complexity index is 1640. The number of fused-ring (bicyclic) bond motifs is 3. The van der Waals surface area contributed by atoms with Crippen molar-refractivity contribution in [3.8, 4) is 6.07 Å². The van der Waals surface area contributed by atoms with Gasteiger partial charge in [-0.15, -0.1) is 0 Å². The largest absolute Gasteiger partial charge is 0.369 e. The molecule has 0 saturated carbocycles. The number of pyridine rings is 1. The number of carbonyl (C=O) groups excluding carboxylic acids is 1. The number of benzene rings is 2. The zero-order chi connectivity index (χ0) is 26.5. The summed E-state index contributed by atoms with van der Waals surface area (Å²) in [6.07, 6.45) is 1.72. The first-order chi connectivity index (χ1) is 19.1. The Balaban J connectivity index is 1.08. The fourth-order valence-electron chi connectivity index (χ4n) is 6.21. The second-order valence-corrected chi connectivity index (χ2v) is 10.6. The van der Waals surface area contributed by atoms with Gasteiger partial charge in [0, 0.05) is 74.3 Å². The number of aryl methyl sites for hydroxylation is 1. The number of anilines is 2. The highest BCUT2D eigenvalue weighted by molar-refractivity contribution is 5.95. The van der Waals surface area contributed by atoms with Gasteiger partial charge in [0.1, 0.15) is 12.6 Å². The third-order valence-corrected chi connectivity index (χ3v) is 8.30. The minimum Gasteiger partial charge on any atom is -0.369 e. The maximum Gasteiger partial charge on any atom is 0.244 e. The monoisotopic (exact) mass is 518 g/mol. The van der Waals surface area contributed by atoms with Gasteiger partial charge in [-0.3, -0.25) is 14.5 Å². The lowest BCUT2D eigenvalue weighted by molar-refractivity contribution is -0.132. The van der Waals surface area contributed by atoms with Crippen LogP contribution in [0.15, 0.2) is 48.7 Å². The third-order valence-electron chi connectivity index (χ3n) is 8.30. The second-order valence-electron chi connectivity index (χ2n) is 10.6. The molecule has 1 saturated heterocycles. The van der Waals surface area contributed by atoms with Gasteiger partial charge in [-0.05, 0) is 54.4 Å². The molecule has 9 heteroatoms. The molecule has 4 aromatic rings. The fourth-order valence-corrected chi connectivity index (χ4v) is 6.21. The summed E-state index contributed by atoms with van der Waals surface area (Å²) in [5, 5.41) is 18.7. The summed E-state index contributed by atoms with van der Waals surface area (Å²) in [5.74, 6) is 0.0895. The molecule has 3 aliphatic heterocycles. The van der Waals surface area contributed by atoms with Crippen molar-refractivity contribution in [2.75, 3.05) is 36.0 Å². The van der Waals surface area contributed by atoms with Crippen molar-refractivity contribution < 1.29 is 4.79 Å². The van der Waals surface area contributed by atoms with E-state index < -0.39 is 0 Å². The molecule has 5 heterocycles. The number of hydrogen-bond acceptors (Lipinski definition) is 7. The van der Waals surface area contributed by atoms with Crippen molar-refractivity contribution in [1.82, 2.24) is 25.0 Å². The lowest BCUT2D eigenvalue weighted by Gasteiger charge is -2.29. The number of carbonyl (C=O) groups is 1. The zero-order valence-electron chi connectivity index (χ0n) is 22.0. The number of nitrogens with one attached hydrogen (secondary N) is 1. The SMILES string of the molecule is Cc1nn(CC(=O)N2Cc3ccc(N4CCNCC4)cc3C2)c2c1CN(c1ccc(C#N)c3ncccc13)C2. The van der Waals surface area contributed by atoms with E-state index in [-0.39, 0.29) is 12.5 Å². The number of nitriles is 1. The molecule has 0 radical (unpaired) electrons. The average Bonchev–Trinajstić information content (AvgIpc) is 3.68. The van der Waals surface area contributed by atoms with Crippen LogP contribution in [0.25, 0.3) is 10.9 Å². The van der Waals surface area contributed by atoms with Gasteiger partial charge in [-0.25, -0.2) is 0 Å². The first kappa shape index (κ1) is 23.7. The predicted molar refractivity (Wildman–Crippen MR) is 149 cm³/mol. The Morgan fingerprint density at radius 1 is 1.03 bits per heavy atom. The molecular formula is C30H30N8O. The number of hydrogen-bond donors (Lipinski definition) is 1. The number of nitrogens with zero attached hydrogens (tertiary/aromatic N) is 7. The Labute approximate surface area is 227 Å². The van der Waals surface area contributed by atoms with Crippen LogP contribution < -0.4 is 15.1 Å². The van der Waals surface area contributed by atoms with Crippen LogP contribution in [0.4, 0.5) is 11.4 Å². The van der Waals surface area contributed by atoms with E-state index in [4.69, 9.17) is 5.10 Å². The summed E-state index contributed by atoms with van der Waals surface area (Å²) in [7, 11) is 0. The molecule has 1 amide bonds. The van der Waals surface area contributed by atoms with Crippen molar-refractivity contribution in [1.29, 1.82) is 5.26 Å². The lowest BCUT2D eigenvalue weighted by Crippen LogP contribution is -2.43. The quantitative estimate of drug-likeness (QED) is 0.444. The van der Waals surface area contributed by atoms with Crippen LogP contribution in [0.5, 0.6) is 0 Å². The van der Waals surface area contributed by atoms with Crippen LogP contribution in [-0.4, -0.2) is 51.8 Å². The molecule has 0 aliphatic carbocycles. The number of rotatable bonds is 4. The Morgan fingerprint density at radius 3 is 2.72 bits per heavy atom. The number of amides is 1. The molecule has 7 rings (SSSR count). The second kappa shape index (κ2) is 9.40. The summed E-state index contributed by atoms with van der Waals surface area (Å²) < 4.78 is 1.90. The van der Waals surface area contributed by atoms with E-state index in [1.54, 1.807) is 6.20 Å². The summed E-state index contributed by atoms with van der Waals surface area (Å²) >= 11 is 0. The highest BCUT2D eigenvalue weighted by atomic mass is 16.2. The normalized spacial score (nSPS) is 16.5. The van der Waals surface area contributed by atoms with E-state index in [2.05, 4.69) is 44.4 Å².